The van der Waals surface area contributed by atoms with Crippen LogP contribution in [0.2, 0.25) is 0 Å². The summed E-state index contributed by atoms with van der Waals surface area (Å²) in [4.78, 5) is 32.4. The van der Waals surface area contributed by atoms with E-state index in [4.69, 9.17) is 4.74 Å². The molecule has 136 valence electrons. The van der Waals surface area contributed by atoms with E-state index < -0.39 is 5.60 Å². The largest absolute Gasteiger partial charge is 0.486 e. The van der Waals surface area contributed by atoms with Crippen LogP contribution < -0.4 is 4.74 Å². The summed E-state index contributed by atoms with van der Waals surface area (Å²) < 4.78 is 6.28. The number of likely N-dealkylation sites (tertiary alicyclic amines) is 1. The number of rotatable bonds is 1. The highest BCUT2D eigenvalue weighted by molar-refractivity contribution is 7.13. The number of ketones is 1. The van der Waals surface area contributed by atoms with Crippen molar-refractivity contribution in [3.05, 3.63) is 44.9 Å². The molecule has 1 saturated heterocycles. The SMILES string of the molecule is Cc1ccc2c(c1)C(=O)CC1(CCN(C(=O)c3sc(C)nc3C)CC1)O2. The third-order valence-electron chi connectivity index (χ3n) is 5.30. The number of Topliss-reactive ketones (excluding diaryl/α,β-unsaturated/α-hetero) is 1. The van der Waals surface area contributed by atoms with Crippen LogP contribution in [0.15, 0.2) is 18.2 Å². The predicted octanol–water partition coefficient (Wildman–Crippen LogP) is 3.71. The highest BCUT2D eigenvalue weighted by Gasteiger charge is 2.44. The van der Waals surface area contributed by atoms with Crippen LogP contribution in [0.3, 0.4) is 0 Å². The van der Waals surface area contributed by atoms with E-state index in [-0.39, 0.29) is 11.7 Å². The highest BCUT2D eigenvalue weighted by Crippen LogP contribution is 2.40. The van der Waals surface area contributed by atoms with E-state index in [2.05, 4.69) is 4.98 Å². The van der Waals surface area contributed by atoms with E-state index in [1.54, 1.807) is 0 Å². The topological polar surface area (TPSA) is 59.5 Å². The molecule has 0 N–H and O–H groups in total. The van der Waals surface area contributed by atoms with Crippen molar-refractivity contribution in [3.63, 3.8) is 0 Å². The molecule has 26 heavy (non-hydrogen) atoms. The first-order chi connectivity index (χ1) is 12.4. The maximum absolute atomic E-state index is 12.8. The molecule has 0 atom stereocenters. The van der Waals surface area contributed by atoms with Crippen molar-refractivity contribution in [1.82, 2.24) is 9.88 Å². The number of hydrogen-bond acceptors (Lipinski definition) is 5. The summed E-state index contributed by atoms with van der Waals surface area (Å²) in [5.41, 5.74) is 2.07. The fourth-order valence-electron chi connectivity index (χ4n) is 3.88. The number of benzene rings is 1. The third kappa shape index (κ3) is 2.92. The lowest BCUT2D eigenvalue weighted by molar-refractivity contribution is -0.00562. The third-order valence-corrected chi connectivity index (χ3v) is 6.37. The summed E-state index contributed by atoms with van der Waals surface area (Å²) in [6, 6.07) is 5.77. The number of aromatic nitrogens is 1. The Hall–Kier alpha value is -2.21. The molecule has 0 aliphatic carbocycles. The Bertz CT molecular complexity index is 894. The minimum absolute atomic E-state index is 0.0427. The summed E-state index contributed by atoms with van der Waals surface area (Å²) >= 11 is 1.45. The number of aryl methyl sites for hydroxylation is 3. The maximum Gasteiger partial charge on any atom is 0.265 e. The van der Waals surface area contributed by atoms with Gasteiger partial charge in [-0.1, -0.05) is 11.6 Å². The van der Waals surface area contributed by atoms with Gasteiger partial charge in [-0.2, -0.15) is 0 Å². The molecule has 2 aliphatic rings. The van der Waals surface area contributed by atoms with Gasteiger partial charge in [0.25, 0.3) is 5.91 Å². The van der Waals surface area contributed by atoms with Crippen LogP contribution in [0.4, 0.5) is 0 Å². The van der Waals surface area contributed by atoms with E-state index in [0.717, 1.165) is 21.1 Å². The van der Waals surface area contributed by atoms with Gasteiger partial charge in [-0.15, -0.1) is 11.3 Å². The zero-order valence-corrected chi connectivity index (χ0v) is 16.1. The standard InChI is InChI=1S/C20H22N2O3S/c1-12-4-5-17-15(10-12)16(23)11-20(25-17)6-8-22(9-7-20)19(24)18-13(2)21-14(3)26-18/h4-5,10H,6-9,11H2,1-3H3. The second-order valence-corrected chi connectivity index (χ2v) is 8.53. The minimum Gasteiger partial charge on any atom is -0.486 e. The Morgan fingerprint density at radius 1 is 1.23 bits per heavy atom. The Morgan fingerprint density at radius 2 is 1.96 bits per heavy atom. The molecule has 0 bridgehead atoms. The normalized spacial score (nSPS) is 18.6. The van der Waals surface area contributed by atoms with Gasteiger partial charge in [0.2, 0.25) is 0 Å². The van der Waals surface area contributed by atoms with Crippen LogP contribution in [0.1, 0.15) is 55.6 Å². The van der Waals surface area contributed by atoms with Crippen LogP contribution in [-0.2, 0) is 0 Å². The summed E-state index contributed by atoms with van der Waals surface area (Å²) in [5, 5.41) is 0.910. The Morgan fingerprint density at radius 3 is 2.62 bits per heavy atom. The van der Waals surface area contributed by atoms with Gasteiger partial charge < -0.3 is 9.64 Å². The predicted molar refractivity (Wildman–Crippen MR) is 100 cm³/mol. The summed E-state index contributed by atoms with van der Waals surface area (Å²) in [7, 11) is 0. The average molecular weight is 370 g/mol. The summed E-state index contributed by atoms with van der Waals surface area (Å²) in [5.74, 6) is 0.866. The molecule has 0 unspecified atom stereocenters. The number of ether oxygens (including phenoxy) is 1. The number of thiazole rings is 1. The Kier molecular flexibility index (Phi) is 4.10. The monoisotopic (exact) mass is 370 g/mol. The molecule has 1 amide bonds. The van der Waals surface area contributed by atoms with Crippen molar-refractivity contribution in [2.24, 2.45) is 0 Å². The molecule has 2 aliphatic heterocycles. The van der Waals surface area contributed by atoms with Crippen molar-refractivity contribution >= 4 is 23.0 Å². The lowest BCUT2D eigenvalue weighted by atomic mass is 9.82. The Labute approximate surface area is 157 Å². The first-order valence-corrected chi connectivity index (χ1v) is 9.75. The van der Waals surface area contributed by atoms with Gasteiger partial charge >= 0.3 is 0 Å². The molecule has 5 nitrogen and oxygen atoms in total. The van der Waals surface area contributed by atoms with Crippen molar-refractivity contribution in [1.29, 1.82) is 0 Å². The second-order valence-electron chi connectivity index (χ2n) is 7.32. The molecule has 0 radical (unpaired) electrons. The quantitative estimate of drug-likeness (QED) is 0.768. The van der Waals surface area contributed by atoms with Gasteiger partial charge in [-0.05, 0) is 32.9 Å². The number of carbonyl (C=O) groups excluding carboxylic acids is 2. The molecular weight excluding hydrogens is 348 g/mol. The smallest absolute Gasteiger partial charge is 0.265 e. The number of hydrogen-bond donors (Lipinski definition) is 0. The highest BCUT2D eigenvalue weighted by atomic mass is 32.1. The molecule has 0 saturated carbocycles. The first-order valence-electron chi connectivity index (χ1n) is 8.93. The zero-order valence-electron chi connectivity index (χ0n) is 15.3. The molecular formula is C20H22N2O3S. The molecule has 6 heteroatoms. The van der Waals surface area contributed by atoms with Crippen molar-refractivity contribution in [2.45, 2.75) is 45.6 Å². The van der Waals surface area contributed by atoms with E-state index in [9.17, 15) is 9.59 Å². The van der Waals surface area contributed by atoms with Crippen LogP contribution in [0.25, 0.3) is 0 Å². The fourth-order valence-corrected chi connectivity index (χ4v) is 4.77. The number of nitrogens with zero attached hydrogens (tertiary/aromatic N) is 2. The number of carbonyl (C=O) groups is 2. The van der Waals surface area contributed by atoms with Crippen LogP contribution in [0.5, 0.6) is 5.75 Å². The molecule has 3 heterocycles. The maximum atomic E-state index is 12.8. The number of piperidine rings is 1. The van der Waals surface area contributed by atoms with Crippen LogP contribution in [-0.4, -0.2) is 40.3 Å². The molecule has 1 aromatic heterocycles. The lowest BCUT2D eigenvalue weighted by Crippen LogP contribution is -2.52. The minimum atomic E-state index is -0.477. The second kappa shape index (κ2) is 6.20. The average Bonchev–Trinajstić information content (AvgIpc) is 2.94. The first kappa shape index (κ1) is 17.2. The fraction of sp³-hybridized carbons (Fsp3) is 0.450. The molecule has 4 rings (SSSR count). The van der Waals surface area contributed by atoms with Crippen molar-refractivity contribution < 1.29 is 14.3 Å². The van der Waals surface area contributed by atoms with Gasteiger partial charge in [-0.3, -0.25) is 9.59 Å². The van der Waals surface area contributed by atoms with Crippen LogP contribution in [0, 0.1) is 20.8 Å². The lowest BCUT2D eigenvalue weighted by Gasteiger charge is -2.43. The summed E-state index contributed by atoms with van der Waals surface area (Å²) in [6.07, 6.45) is 1.74. The Balaban J connectivity index is 1.50. The van der Waals surface area contributed by atoms with E-state index in [1.807, 2.05) is 43.9 Å². The molecule has 1 aromatic carbocycles. The van der Waals surface area contributed by atoms with Gasteiger partial charge in [0.1, 0.15) is 16.2 Å². The number of amides is 1. The van der Waals surface area contributed by atoms with Gasteiger partial charge in [0.15, 0.2) is 5.78 Å². The van der Waals surface area contributed by atoms with Gasteiger partial charge in [0.05, 0.1) is 22.7 Å². The van der Waals surface area contributed by atoms with E-state index >= 15 is 0 Å². The summed E-state index contributed by atoms with van der Waals surface area (Å²) in [6.45, 7) is 6.98. The van der Waals surface area contributed by atoms with Crippen molar-refractivity contribution in [2.75, 3.05) is 13.1 Å². The number of fused-ring (bicyclic) bond motifs is 1. The van der Waals surface area contributed by atoms with Gasteiger partial charge in [-0.25, -0.2) is 4.98 Å². The molecule has 1 spiro atoms. The van der Waals surface area contributed by atoms with Crippen LogP contribution >= 0.6 is 11.3 Å². The van der Waals surface area contributed by atoms with Gasteiger partial charge in [0, 0.05) is 25.9 Å². The van der Waals surface area contributed by atoms with Crippen molar-refractivity contribution in [3.8, 4) is 5.75 Å². The molecule has 1 fully saturated rings. The van der Waals surface area contributed by atoms with E-state index in [0.29, 0.717) is 43.7 Å². The van der Waals surface area contributed by atoms with E-state index in [1.165, 1.54) is 11.3 Å². The molecule has 2 aromatic rings. The zero-order chi connectivity index (χ0) is 18.5.